The van der Waals surface area contributed by atoms with Gasteiger partial charge in [0.1, 0.15) is 5.69 Å². The quantitative estimate of drug-likeness (QED) is 0.728. The lowest BCUT2D eigenvalue weighted by atomic mass is 10.0. The van der Waals surface area contributed by atoms with Crippen LogP contribution in [-0.2, 0) is 0 Å². The van der Waals surface area contributed by atoms with E-state index in [1.54, 1.807) is 0 Å². The summed E-state index contributed by atoms with van der Waals surface area (Å²) in [4.78, 5) is 0. The van der Waals surface area contributed by atoms with Crippen molar-refractivity contribution in [2.45, 2.75) is 0 Å². The summed E-state index contributed by atoms with van der Waals surface area (Å²) in [5.74, 6) is -1.50. The maximum absolute atomic E-state index is 13.3. The van der Waals surface area contributed by atoms with E-state index < -0.39 is 11.6 Å². The molecular weight excluding hydrogens is 248 g/mol. The van der Waals surface area contributed by atoms with Gasteiger partial charge in [0.25, 0.3) is 0 Å². The molecule has 2 aromatic carbocycles. The van der Waals surface area contributed by atoms with Crippen molar-refractivity contribution in [1.29, 1.82) is 0 Å². The second kappa shape index (κ2) is 4.28. The molecule has 0 bridgehead atoms. The van der Waals surface area contributed by atoms with E-state index in [1.165, 1.54) is 6.07 Å². The summed E-state index contributed by atoms with van der Waals surface area (Å²) in [6, 6.07) is 10.9. The number of anilines is 1. The molecule has 0 amide bonds. The first-order valence-electron chi connectivity index (χ1n) is 5.63. The van der Waals surface area contributed by atoms with Crippen LogP contribution in [0, 0.1) is 11.6 Å². The molecule has 3 aromatic rings. The van der Waals surface area contributed by atoms with E-state index in [2.05, 4.69) is 10.2 Å². The molecule has 0 unspecified atom stereocenters. The number of halogens is 2. The Hall–Kier alpha value is -2.56. The van der Waals surface area contributed by atoms with E-state index in [-0.39, 0.29) is 0 Å². The molecule has 1 aromatic heterocycles. The molecule has 0 aliphatic heterocycles. The van der Waals surface area contributed by atoms with Crippen LogP contribution < -0.4 is 5.73 Å². The van der Waals surface area contributed by atoms with Crippen LogP contribution in [0.1, 0.15) is 0 Å². The van der Waals surface area contributed by atoms with E-state index in [9.17, 15) is 8.78 Å². The third kappa shape index (κ3) is 1.89. The van der Waals surface area contributed by atoms with Crippen LogP contribution in [0.25, 0.3) is 22.0 Å². The molecule has 0 aliphatic carbocycles. The van der Waals surface area contributed by atoms with Crippen LogP contribution >= 0.6 is 0 Å². The molecule has 0 atom stereocenters. The highest BCUT2D eigenvalue weighted by Crippen LogP contribution is 2.29. The molecule has 0 radical (unpaired) electrons. The van der Waals surface area contributed by atoms with Crippen LogP contribution in [0.3, 0.4) is 0 Å². The number of aromatic nitrogens is 2. The minimum Gasteiger partial charge on any atom is -0.382 e. The van der Waals surface area contributed by atoms with Crippen molar-refractivity contribution in [3.63, 3.8) is 0 Å². The van der Waals surface area contributed by atoms with E-state index in [0.29, 0.717) is 17.1 Å². The lowest BCUT2D eigenvalue weighted by Gasteiger charge is -2.07. The number of nitrogens with two attached hydrogens (primary N) is 1. The smallest absolute Gasteiger partial charge is 0.159 e. The normalized spacial score (nSPS) is 10.8. The van der Waals surface area contributed by atoms with E-state index in [4.69, 9.17) is 5.73 Å². The van der Waals surface area contributed by atoms with E-state index in [0.717, 1.165) is 22.9 Å². The number of rotatable bonds is 1. The molecule has 2 N–H and O–H groups in total. The van der Waals surface area contributed by atoms with Gasteiger partial charge >= 0.3 is 0 Å². The first kappa shape index (κ1) is 11.5. The first-order chi connectivity index (χ1) is 9.16. The molecule has 1 heterocycles. The Labute approximate surface area is 107 Å². The fraction of sp³-hybridized carbons (Fsp3) is 0. The van der Waals surface area contributed by atoms with Gasteiger partial charge in [0.2, 0.25) is 0 Å². The lowest BCUT2D eigenvalue weighted by Crippen LogP contribution is -1.98. The van der Waals surface area contributed by atoms with Gasteiger partial charge in [0.15, 0.2) is 17.5 Å². The zero-order valence-electron chi connectivity index (χ0n) is 9.77. The highest BCUT2D eigenvalue weighted by Gasteiger charge is 2.11. The molecular formula is C14H9F2N3. The fourth-order valence-electron chi connectivity index (χ4n) is 1.98. The predicted octanol–water partition coefficient (Wildman–Crippen LogP) is 3.16. The van der Waals surface area contributed by atoms with Crippen LogP contribution in [0.2, 0.25) is 0 Å². The molecule has 94 valence electrons. The molecule has 3 nitrogen and oxygen atoms in total. The van der Waals surface area contributed by atoms with Crippen LogP contribution in [0.4, 0.5) is 14.6 Å². The highest BCUT2D eigenvalue weighted by atomic mass is 19.2. The van der Waals surface area contributed by atoms with Crippen LogP contribution in [0.5, 0.6) is 0 Å². The van der Waals surface area contributed by atoms with Gasteiger partial charge in [-0.05, 0) is 18.2 Å². The van der Waals surface area contributed by atoms with E-state index >= 15 is 0 Å². The number of nitrogen functional groups attached to an aromatic ring is 1. The van der Waals surface area contributed by atoms with Crippen LogP contribution in [-0.4, -0.2) is 10.2 Å². The van der Waals surface area contributed by atoms with Gasteiger partial charge in [0.05, 0.1) is 0 Å². The second-order valence-electron chi connectivity index (χ2n) is 4.11. The monoisotopic (exact) mass is 257 g/mol. The van der Waals surface area contributed by atoms with Gasteiger partial charge in [-0.25, -0.2) is 8.78 Å². The maximum atomic E-state index is 13.3. The van der Waals surface area contributed by atoms with E-state index in [1.807, 2.05) is 24.3 Å². The summed E-state index contributed by atoms with van der Waals surface area (Å²) in [5.41, 5.74) is 6.69. The van der Waals surface area contributed by atoms with Gasteiger partial charge in [-0.3, -0.25) is 0 Å². The SMILES string of the molecule is Nc1nnc(-c2ccc(F)c(F)c2)c2ccccc12. The number of nitrogens with zero attached hydrogens (tertiary/aromatic N) is 2. The Bertz CT molecular complexity index is 772. The van der Waals surface area contributed by atoms with Crippen molar-refractivity contribution in [3.8, 4) is 11.3 Å². The Morgan fingerprint density at radius 3 is 2.32 bits per heavy atom. The van der Waals surface area contributed by atoms with Gasteiger partial charge in [-0.1, -0.05) is 24.3 Å². The number of hydrogen-bond donors (Lipinski definition) is 1. The summed E-state index contributed by atoms with van der Waals surface area (Å²) in [6.45, 7) is 0. The predicted molar refractivity (Wildman–Crippen MR) is 69.3 cm³/mol. The average molecular weight is 257 g/mol. The molecule has 0 saturated carbocycles. The molecule has 5 heteroatoms. The molecule has 19 heavy (non-hydrogen) atoms. The Morgan fingerprint density at radius 2 is 1.58 bits per heavy atom. The lowest BCUT2D eigenvalue weighted by molar-refractivity contribution is 0.509. The third-order valence-electron chi connectivity index (χ3n) is 2.91. The van der Waals surface area contributed by atoms with Gasteiger partial charge in [0, 0.05) is 16.3 Å². The van der Waals surface area contributed by atoms with Gasteiger partial charge in [-0.2, -0.15) is 0 Å². The highest BCUT2D eigenvalue weighted by molar-refractivity contribution is 5.99. The Kier molecular flexibility index (Phi) is 2.59. The standard InChI is InChI=1S/C14H9F2N3/c15-11-6-5-8(7-12(11)16)13-9-3-1-2-4-10(9)14(17)19-18-13/h1-7H,(H2,17,19). The minimum absolute atomic E-state index is 0.307. The van der Waals surface area contributed by atoms with Crippen molar-refractivity contribution in [1.82, 2.24) is 10.2 Å². The van der Waals surface area contributed by atoms with Crippen molar-refractivity contribution in [2.75, 3.05) is 5.73 Å². The summed E-state index contributed by atoms with van der Waals surface area (Å²) >= 11 is 0. The van der Waals surface area contributed by atoms with Crippen LogP contribution in [0.15, 0.2) is 42.5 Å². The molecule has 0 spiro atoms. The molecule has 0 fully saturated rings. The summed E-state index contributed by atoms with van der Waals surface area (Å²) in [7, 11) is 0. The van der Waals surface area contributed by atoms with Crippen molar-refractivity contribution in [3.05, 3.63) is 54.1 Å². The Morgan fingerprint density at radius 1 is 0.842 bits per heavy atom. The first-order valence-corrected chi connectivity index (χ1v) is 5.63. The summed E-state index contributed by atoms with van der Waals surface area (Å²) in [5, 5.41) is 9.32. The maximum Gasteiger partial charge on any atom is 0.159 e. The van der Waals surface area contributed by atoms with Crippen molar-refractivity contribution in [2.24, 2.45) is 0 Å². The topological polar surface area (TPSA) is 51.8 Å². The minimum atomic E-state index is -0.916. The number of hydrogen-bond acceptors (Lipinski definition) is 3. The van der Waals surface area contributed by atoms with Gasteiger partial charge < -0.3 is 5.73 Å². The zero-order chi connectivity index (χ0) is 13.4. The van der Waals surface area contributed by atoms with Crippen molar-refractivity contribution < 1.29 is 8.78 Å². The number of fused-ring (bicyclic) bond motifs is 1. The van der Waals surface area contributed by atoms with Crippen molar-refractivity contribution >= 4 is 16.6 Å². The van der Waals surface area contributed by atoms with Gasteiger partial charge in [-0.15, -0.1) is 10.2 Å². The summed E-state index contributed by atoms with van der Waals surface area (Å²) < 4.78 is 26.3. The molecule has 3 rings (SSSR count). The number of benzene rings is 2. The average Bonchev–Trinajstić information content (AvgIpc) is 2.43. The molecule has 0 aliphatic rings. The largest absolute Gasteiger partial charge is 0.382 e. The molecule has 0 saturated heterocycles. The second-order valence-corrected chi connectivity index (χ2v) is 4.11. The Balaban J connectivity index is 2.31. The summed E-state index contributed by atoms with van der Waals surface area (Å²) in [6.07, 6.45) is 0. The fourth-order valence-corrected chi connectivity index (χ4v) is 1.98. The zero-order valence-corrected chi connectivity index (χ0v) is 9.77. The third-order valence-corrected chi connectivity index (χ3v) is 2.91.